The molecule has 1 unspecified atom stereocenters. The van der Waals surface area contributed by atoms with Crippen molar-refractivity contribution in [2.75, 3.05) is 19.6 Å². The first kappa shape index (κ1) is 17.7. The van der Waals surface area contributed by atoms with Gasteiger partial charge in [-0.1, -0.05) is 6.07 Å². The van der Waals surface area contributed by atoms with E-state index in [9.17, 15) is 9.18 Å². The Morgan fingerprint density at radius 1 is 1.24 bits per heavy atom. The van der Waals surface area contributed by atoms with Crippen LogP contribution in [0.4, 0.5) is 4.39 Å². The van der Waals surface area contributed by atoms with Gasteiger partial charge >= 0.3 is 0 Å². The maximum absolute atomic E-state index is 13.0. The normalized spacial score (nSPS) is 17.4. The standard InChI is InChI=1S/C20H24FN3O/c21-18-5-3-16(4-6-18)20(25)17-7-10-24(11-8-17)14-19(22)12-15-2-1-9-23-13-15/h1-6,9,13,17,19H,7-8,10-12,14,22H2. The number of pyridine rings is 1. The summed E-state index contributed by atoms with van der Waals surface area (Å²) in [4.78, 5) is 19.0. The van der Waals surface area contributed by atoms with Crippen molar-refractivity contribution in [1.29, 1.82) is 0 Å². The van der Waals surface area contributed by atoms with Gasteiger partial charge in [0, 0.05) is 36.5 Å². The quantitative estimate of drug-likeness (QED) is 0.821. The van der Waals surface area contributed by atoms with Crippen molar-refractivity contribution in [3.05, 3.63) is 65.7 Å². The van der Waals surface area contributed by atoms with E-state index in [1.54, 1.807) is 18.3 Å². The third-order valence-electron chi connectivity index (χ3n) is 4.80. The van der Waals surface area contributed by atoms with Gasteiger partial charge < -0.3 is 10.6 Å². The number of nitrogens with two attached hydrogens (primary N) is 1. The lowest BCUT2D eigenvalue weighted by Crippen LogP contribution is -2.43. The zero-order chi connectivity index (χ0) is 17.6. The summed E-state index contributed by atoms with van der Waals surface area (Å²) < 4.78 is 13.0. The molecule has 132 valence electrons. The molecule has 1 saturated heterocycles. The van der Waals surface area contributed by atoms with Crippen molar-refractivity contribution in [2.24, 2.45) is 11.7 Å². The molecule has 2 aromatic rings. The number of ketones is 1. The Morgan fingerprint density at radius 3 is 2.60 bits per heavy atom. The van der Waals surface area contributed by atoms with E-state index in [2.05, 4.69) is 9.88 Å². The number of aromatic nitrogens is 1. The number of piperidine rings is 1. The molecule has 3 rings (SSSR count). The Bertz CT molecular complexity index is 682. The van der Waals surface area contributed by atoms with Gasteiger partial charge in [-0.05, 0) is 68.2 Å². The molecule has 1 aliphatic heterocycles. The molecule has 0 bridgehead atoms. The zero-order valence-corrected chi connectivity index (χ0v) is 14.3. The Hall–Kier alpha value is -2.11. The molecule has 1 aliphatic rings. The van der Waals surface area contributed by atoms with Gasteiger partial charge in [0.2, 0.25) is 0 Å². The summed E-state index contributed by atoms with van der Waals surface area (Å²) >= 11 is 0. The van der Waals surface area contributed by atoms with Gasteiger partial charge in [-0.25, -0.2) is 4.39 Å². The fourth-order valence-corrected chi connectivity index (χ4v) is 3.45. The van der Waals surface area contributed by atoms with Crippen molar-refractivity contribution < 1.29 is 9.18 Å². The molecule has 0 radical (unpaired) electrons. The van der Waals surface area contributed by atoms with E-state index in [0.717, 1.165) is 44.5 Å². The largest absolute Gasteiger partial charge is 0.326 e. The molecule has 0 amide bonds. The van der Waals surface area contributed by atoms with Crippen molar-refractivity contribution in [2.45, 2.75) is 25.3 Å². The predicted molar refractivity (Wildman–Crippen MR) is 95.8 cm³/mol. The highest BCUT2D eigenvalue weighted by Gasteiger charge is 2.26. The van der Waals surface area contributed by atoms with Crippen LogP contribution in [-0.4, -0.2) is 41.3 Å². The van der Waals surface area contributed by atoms with E-state index >= 15 is 0 Å². The first-order chi connectivity index (χ1) is 12.1. The average Bonchev–Trinajstić information content (AvgIpc) is 2.63. The molecule has 0 saturated carbocycles. The SMILES string of the molecule is NC(Cc1cccnc1)CN1CCC(C(=O)c2ccc(F)cc2)CC1. The molecule has 4 nitrogen and oxygen atoms in total. The van der Waals surface area contributed by atoms with Gasteiger partial charge in [0.05, 0.1) is 0 Å². The summed E-state index contributed by atoms with van der Waals surface area (Å²) in [6.45, 7) is 2.57. The lowest BCUT2D eigenvalue weighted by molar-refractivity contribution is 0.0836. The Labute approximate surface area is 147 Å². The van der Waals surface area contributed by atoms with Crippen molar-refractivity contribution >= 4 is 5.78 Å². The summed E-state index contributed by atoms with van der Waals surface area (Å²) in [7, 11) is 0. The predicted octanol–water partition coefficient (Wildman–Crippen LogP) is 2.69. The number of hydrogen-bond donors (Lipinski definition) is 1. The van der Waals surface area contributed by atoms with E-state index in [1.165, 1.54) is 12.1 Å². The van der Waals surface area contributed by atoms with E-state index < -0.39 is 0 Å². The van der Waals surface area contributed by atoms with Crippen LogP contribution in [0.5, 0.6) is 0 Å². The molecule has 1 fully saturated rings. The van der Waals surface area contributed by atoms with Crippen LogP contribution in [0.25, 0.3) is 0 Å². The molecular formula is C20H24FN3O. The first-order valence-corrected chi connectivity index (χ1v) is 8.78. The number of halogens is 1. The van der Waals surface area contributed by atoms with Crippen LogP contribution in [0, 0.1) is 11.7 Å². The monoisotopic (exact) mass is 341 g/mol. The fourth-order valence-electron chi connectivity index (χ4n) is 3.45. The number of rotatable bonds is 6. The molecule has 2 N–H and O–H groups in total. The van der Waals surface area contributed by atoms with Crippen LogP contribution < -0.4 is 5.73 Å². The molecule has 25 heavy (non-hydrogen) atoms. The molecule has 1 aromatic carbocycles. The number of hydrogen-bond acceptors (Lipinski definition) is 4. The molecule has 0 aliphatic carbocycles. The Morgan fingerprint density at radius 2 is 1.96 bits per heavy atom. The molecule has 1 aromatic heterocycles. The highest BCUT2D eigenvalue weighted by Crippen LogP contribution is 2.22. The van der Waals surface area contributed by atoms with Gasteiger partial charge in [0.25, 0.3) is 0 Å². The summed E-state index contributed by atoms with van der Waals surface area (Å²) in [5.41, 5.74) is 8.02. The highest BCUT2D eigenvalue weighted by atomic mass is 19.1. The topological polar surface area (TPSA) is 59.2 Å². The van der Waals surface area contributed by atoms with Crippen LogP contribution in [0.15, 0.2) is 48.8 Å². The number of likely N-dealkylation sites (tertiary alicyclic amines) is 1. The maximum atomic E-state index is 13.0. The second kappa shape index (κ2) is 8.32. The summed E-state index contributed by atoms with van der Waals surface area (Å²) in [5.74, 6) is -0.162. The number of benzene rings is 1. The van der Waals surface area contributed by atoms with Crippen LogP contribution in [0.2, 0.25) is 0 Å². The van der Waals surface area contributed by atoms with Crippen LogP contribution in [0.3, 0.4) is 0 Å². The van der Waals surface area contributed by atoms with Crippen molar-refractivity contribution in [1.82, 2.24) is 9.88 Å². The number of nitrogens with zero attached hydrogens (tertiary/aromatic N) is 2. The third kappa shape index (κ3) is 4.94. The number of carbonyl (C=O) groups excluding carboxylic acids is 1. The lowest BCUT2D eigenvalue weighted by Gasteiger charge is -2.33. The van der Waals surface area contributed by atoms with Gasteiger partial charge in [-0.3, -0.25) is 9.78 Å². The number of carbonyl (C=O) groups is 1. The Balaban J connectivity index is 1.46. The zero-order valence-electron chi connectivity index (χ0n) is 14.3. The van der Waals surface area contributed by atoms with Crippen molar-refractivity contribution in [3.8, 4) is 0 Å². The molecule has 2 heterocycles. The minimum Gasteiger partial charge on any atom is -0.326 e. The van der Waals surface area contributed by atoms with E-state index in [0.29, 0.717) is 5.56 Å². The smallest absolute Gasteiger partial charge is 0.166 e. The van der Waals surface area contributed by atoms with E-state index in [1.807, 2.05) is 18.3 Å². The second-order valence-electron chi connectivity index (χ2n) is 6.77. The molecular weight excluding hydrogens is 317 g/mol. The van der Waals surface area contributed by atoms with E-state index in [-0.39, 0.29) is 23.6 Å². The van der Waals surface area contributed by atoms with Gasteiger partial charge in [0.1, 0.15) is 5.82 Å². The molecule has 5 heteroatoms. The van der Waals surface area contributed by atoms with Crippen LogP contribution in [0.1, 0.15) is 28.8 Å². The maximum Gasteiger partial charge on any atom is 0.166 e. The summed E-state index contributed by atoms with van der Waals surface area (Å²) in [5, 5.41) is 0. The Kier molecular flexibility index (Phi) is 5.89. The minimum absolute atomic E-state index is 0.0243. The number of Topliss-reactive ketones (excluding diaryl/α,β-unsaturated/α-hetero) is 1. The fraction of sp³-hybridized carbons (Fsp3) is 0.400. The van der Waals surface area contributed by atoms with Crippen LogP contribution >= 0.6 is 0 Å². The summed E-state index contributed by atoms with van der Waals surface area (Å²) in [6, 6.07) is 9.88. The molecule has 1 atom stereocenters. The lowest BCUT2D eigenvalue weighted by atomic mass is 9.88. The summed E-state index contributed by atoms with van der Waals surface area (Å²) in [6.07, 6.45) is 6.08. The van der Waals surface area contributed by atoms with Gasteiger partial charge in [0.15, 0.2) is 5.78 Å². The molecule has 0 spiro atoms. The third-order valence-corrected chi connectivity index (χ3v) is 4.80. The van der Waals surface area contributed by atoms with Crippen molar-refractivity contribution in [3.63, 3.8) is 0 Å². The first-order valence-electron chi connectivity index (χ1n) is 8.78. The average molecular weight is 341 g/mol. The highest BCUT2D eigenvalue weighted by molar-refractivity contribution is 5.97. The van der Waals surface area contributed by atoms with Crippen LogP contribution in [-0.2, 0) is 6.42 Å². The van der Waals surface area contributed by atoms with Gasteiger partial charge in [-0.2, -0.15) is 0 Å². The second-order valence-corrected chi connectivity index (χ2v) is 6.77. The van der Waals surface area contributed by atoms with Gasteiger partial charge in [-0.15, -0.1) is 0 Å². The minimum atomic E-state index is -0.311. The van der Waals surface area contributed by atoms with E-state index in [4.69, 9.17) is 5.73 Å².